The van der Waals surface area contributed by atoms with E-state index in [0.717, 1.165) is 4.47 Å². The molecule has 0 radical (unpaired) electrons. The molecule has 0 fully saturated rings. The van der Waals surface area contributed by atoms with E-state index < -0.39 is 0 Å². The zero-order valence-electron chi connectivity index (χ0n) is 9.65. The number of halogens is 2. The SMILES string of the molecule is CCc1nc(N)cc(Oc2ccc(Cl)cc2Br)n1. The maximum absolute atomic E-state index is 5.86. The molecule has 0 saturated heterocycles. The van der Waals surface area contributed by atoms with E-state index in [0.29, 0.717) is 34.7 Å². The minimum absolute atomic E-state index is 0.391. The number of benzene rings is 1. The molecular formula is C12H11BrClN3O. The second-order valence-corrected chi connectivity index (χ2v) is 4.87. The topological polar surface area (TPSA) is 61.0 Å². The van der Waals surface area contributed by atoms with E-state index in [1.165, 1.54) is 0 Å². The van der Waals surface area contributed by atoms with Crippen LogP contribution in [0, 0.1) is 0 Å². The van der Waals surface area contributed by atoms with Crippen molar-refractivity contribution in [1.29, 1.82) is 0 Å². The fourth-order valence-corrected chi connectivity index (χ4v) is 2.14. The van der Waals surface area contributed by atoms with Crippen molar-refractivity contribution in [2.45, 2.75) is 13.3 Å². The number of hydrogen-bond donors (Lipinski definition) is 1. The first kappa shape index (κ1) is 13.1. The molecule has 94 valence electrons. The Balaban J connectivity index is 2.30. The first-order valence-corrected chi connectivity index (χ1v) is 6.52. The van der Waals surface area contributed by atoms with Gasteiger partial charge < -0.3 is 10.5 Å². The van der Waals surface area contributed by atoms with Crippen LogP contribution < -0.4 is 10.5 Å². The molecule has 2 N–H and O–H groups in total. The van der Waals surface area contributed by atoms with Crippen LogP contribution in [0.4, 0.5) is 5.82 Å². The van der Waals surface area contributed by atoms with Gasteiger partial charge in [-0.2, -0.15) is 4.98 Å². The average Bonchev–Trinajstić information content (AvgIpc) is 2.32. The summed E-state index contributed by atoms with van der Waals surface area (Å²) in [5.74, 6) is 2.08. The van der Waals surface area contributed by atoms with Crippen molar-refractivity contribution in [2.24, 2.45) is 0 Å². The standard InChI is InChI=1S/C12H11BrClN3O/c1-2-11-16-10(15)6-12(17-11)18-9-4-3-7(14)5-8(9)13/h3-6H,2H2,1H3,(H2,15,16,17). The Morgan fingerprint density at radius 1 is 1.33 bits per heavy atom. The second-order valence-electron chi connectivity index (χ2n) is 3.58. The summed E-state index contributed by atoms with van der Waals surface area (Å²) in [6.07, 6.45) is 0.698. The minimum Gasteiger partial charge on any atom is -0.438 e. The second kappa shape index (κ2) is 5.54. The number of anilines is 1. The summed E-state index contributed by atoms with van der Waals surface area (Å²) < 4.78 is 6.41. The number of nitrogen functional groups attached to an aromatic ring is 1. The summed E-state index contributed by atoms with van der Waals surface area (Å²) in [5.41, 5.74) is 5.69. The molecule has 2 rings (SSSR count). The highest BCUT2D eigenvalue weighted by atomic mass is 79.9. The first-order chi connectivity index (χ1) is 8.58. The lowest BCUT2D eigenvalue weighted by Gasteiger charge is -2.08. The number of nitrogens with two attached hydrogens (primary N) is 1. The monoisotopic (exact) mass is 327 g/mol. The van der Waals surface area contributed by atoms with Gasteiger partial charge in [-0.15, -0.1) is 0 Å². The highest BCUT2D eigenvalue weighted by Crippen LogP contribution is 2.31. The van der Waals surface area contributed by atoms with Crippen LogP contribution in [0.2, 0.25) is 5.02 Å². The van der Waals surface area contributed by atoms with E-state index in [4.69, 9.17) is 22.1 Å². The molecule has 0 amide bonds. The van der Waals surface area contributed by atoms with Gasteiger partial charge in [-0.1, -0.05) is 18.5 Å². The lowest BCUT2D eigenvalue weighted by molar-refractivity contribution is 0.456. The van der Waals surface area contributed by atoms with Gasteiger partial charge in [0, 0.05) is 17.5 Å². The van der Waals surface area contributed by atoms with Crippen LogP contribution in [-0.2, 0) is 6.42 Å². The molecule has 0 spiro atoms. The Hall–Kier alpha value is -1.33. The van der Waals surface area contributed by atoms with Crippen LogP contribution in [0.25, 0.3) is 0 Å². The molecule has 1 heterocycles. The molecule has 0 aliphatic rings. The lowest BCUT2D eigenvalue weighted by atomic mass is 10.3. The third-order valence-corrected chi connectivity index (χ3v) is 3.05. The molecule has 0 aliphatic carbocycles. The average molecular weight is 329 g/mol. The molecule has 4 nitrogen and oxygen atoms in total. The molecular weight excluding hydrogens is 318 g/mol. The Morgan fingerprint density at radius 3 is 2.78 bits per heavy atom. The van der Waals surface area contributed by atoms with Gasteiger partial charge in [-0.05, 0) is 34.1 Å². The molecule has 0 atom stereocenters. The van der Waals surface area contributed by atoms with Gasteiger partial charge in [0.1, 0.15) is 17.4 Å². The number of hydrogen-bond acceptors (Lipinski definition) is 4. The van der Waals surface area contributed by atoms with Crippen LogP contribution in [0.3, 0.4) is 0 Å². The van der Waals surface area contributed by atoms with E-state index >= 15 is 0 Å². The molecule has 1 aromatic carbocycles. The van der Waals surface area contributed by atoms with Gasteiger partial charge in [0.2, 0.25) is 5.88 Å². The van der Waals surface area contributed by atoms with Crippen LogP contribution in [0.15, 0.2) is 28.7 Å². The van der Waals surface area contributed by atoms with Crippen molar-refractivity contribution in [2.75, 3.05) is 5.73 Å². The maximum Gasteiger partial charge on any atom is 0.224 e. The normalized spacial score (nSPS) is 10.4. The Bertz CT molecular complexity index is 577. The third-order valence-electron chi connectivity index (χ3n) is 2.19. The number of aromatic nitrogens is 2. The summed E-state index contributed by atoms with van der Waals surface area (Å²) in [7, 11) is 0. The van der Waals surface area contributed by atoms with E-state index in [-0.39, 0.29) is 0 Å². The molecule has 0 bridgehead atoms. The Kier molecular flexibility index (Phi) is 4.04. The molecule has 0 unspecified atom stereocenters. The van der Waals surface area contributed by atoms with Crippen molar-refractivity contribution in [3.63, 3.8) is 0 Å². The minimum atomic E-state index is 0.391. The Morgan fingerprint density at radius 2 is 2.11 bits per heavy atom. The predicted molar refractivity (Wildman–Crippen MR) is 75.0 cm³/mol. The Labute approximate surface area is 118 Å². The molecule has 0 aliphatic heterocycles. The fraction of sp³-hybridized carbons (Fsp3) is 0.167. The number of nitrogens with zero attached hydrogens (tertiary/aromatic N) is 2. The highest BCUT2D eigenvalue weighted by Gasteiger charge is 2.07. The van der Waals surface area contributed by atoms with E-state index in [9.17, 15) is 0 Å². The van der Waals surface area contributed by atoms with Gasteiger partial charge in [0.25, 0.3) is 0 Å². The van der Waals surface area contributed by atoms with Crippen molar-refractivity contribution in [3.8, 4) is 11.6 Å². The quantitative estimate of drug-likeness (QED) is 0.930. The van der Waals surface area contributed by atoms with E-state index in [1.54, 1.807) is 24.3 Å². The molecule has 0 saturated carbocycles. The molecule has 18 heavy (non-hydrogen) atoms. The van der Waals surface area contributed by atoms with Crippen LogP contribution in [0.1, 0.15) is 12.7 Å². The summed E-state index contributed by atoms with van der Waals surface area (Å²) in [6, 6.07) is 6.84. The predicted octanol–water partition coefficient (Wildman–Crippen LogP) is 3.83. The van der Waals surface area contributed by atoms with Gasteiger partial charge in [-0.25, -0.2) is 4.98 Å². The van der Waals surface area contributed by atoms with Crippen molar-refractivity contribution in [3.05, 3.63) is 39.6 Å². The van der Waals surface area contributed by atoms with Crippen LogP contribution in [-0.4, -0.2) is 9.97 Å². The molecule has 1 aromatic heterocycles. The van der Waals surface area contributed by atoms with Crippen LogP contribution in [0.5, 0.6) is 11.6 Å². The van der Waals surface area contributed by atoms with Crippen LogP contribution >= 0.6 is 27.5 Å². The molecule has 6 heteroatoms. The first-order valence-electron chi connectivity index (χ1n) is 5.35. The lowest BCUT2D eigenvalue weighted by Crippen LogP contribution is -2.00. The van der Waals surface area contributed by atoms with Gasteiger partial charge in [-0.3, -0.25) is 0 Å². The fourth-order valence-electron chi connectivity index (χ4n) is 1.37. The summed E-state index contributed by atoms with van der Waals surface area (Å²) in [5, 5.41) is 0.630. The number of rotatable bonds is 3. The van der Waals surface area contributed by atoms with Crippen molar-refractivity contribution >= 4 is 33.3 Å². The third kappa shape index (κ3) is 3.11. The summed E-state index contributed by atoms with van der Waals surface area (Å²) in [6.45, 7) is 1.96. The maximum atomic E-state index is 5.86. The number of aryl methyl sites for hydroxylation is 1. The van der Waals surface area contributed by atoms with Gasteiger partial charge in [0.15, 0.2) is 0 Å². The smallest absolute Gasteiger partial charge is 0.224 e. The number of ether oxygens (including phenoxy) is 1. The largest absolute Gasteiger partial charge is 0.438 e. The summed E-state index contributed by atoms with van der Waals surface area (Å²) in [4.78, 5) is 8.33. The van der Waals surface area contributed by atoms with Crippen molar-refractivity contribution < 1.29 is 4.74 Å². The van der Waals surface area contributed by atoms with Gasteiger partial charge >= 0.3 is 0 Å². The van der Waals surface area contributed by atoms with Gasteiger partial charge in [0.05, 0.1) is 4.47 Å². The highest BCUT2D eigenvalue weighted by molar-refractivity contribution is 9.10. The molecule has 2 aromatic rings. The van der Waals surface area contributed by atoms with Crippen molar-refractivity contribution in [1.82, 2.24) is 9.97 Å². The summed E-state index contributed by atoms with van der Waals surface area (Å²) >= 11 is 9.24. The zero-order valence-corrected chi connectivity index (χ0v) is 12.0. The zero-order chi connectivity index (χ0) is 13.1. The van der Waals surface area contributed by atoms with E-state index in [2.05, 4.69) is 25.9 Å². The van der Waals surface area contributed by atoms with E-state index in [1.807, 2.05) is 6.92 Å².